The lowest BCUT2D eigenvalue weighted by molar-refractivity contribution is 0.0498. The average Bonchev–Trinajstić information content (AvgIpc) is 2.39. The smallest absolute Gasteiger partial charge is 0.106 e. The maximum atomic E-state index is 6.02. The van der Waals surface area contributed by atoms with E-state index in [0.717, 1.165) is 30.8 Å². The van der Waals surface area contributed by atoms with E-state index in [-0.39, 0.29) is 6.10 Å². The third kappa shape index (κ3) is 3.19. The predicted molar refractivity (Wildman–Crippen MR) is 84.1 cm³/mol. The summed E-state index contributed by atoms with van der Waals surface area (Å²) in [5.41, 5.74) is 7.69. The Morgan fingerprint density at radius 2 is 2.26 bits per heavy atom. The SMILES string of the molecule is COC1CN(c2ccc(Cl)cc2C(N)=S)CCC1C. The highest BCUT2D eigenvalue weighted by molar-refractivity contribution is 7.80. The maximum absolute atomic E-state index is 6.02. The minimum atomic E-state index is 0.239. The van der Waals surface area contributed by atoms with E-state index in [0.29, 0.717) is 15.9 Å². The van der Waals surface area contributed by atoms with Crippen LogP contribution in [0.2, 0.25) is 5.02 Å². The van der Waals surface area contributed by atoms with E-state index in [1.165, 1.54) is 0 Å². The molecule has 1 saturated heterocycles. The van der Waals surface area contributed by atoms with Gasteiger partial charge >= 0.3 is 0 Å². The van der Waals surface area contributed by atoms with Crippen LogP contribution in [0.5, 0.6) is 0 Å². The van der Waals surface area contributed by atoms with Gasteiger partial charge in [0.05, 0.1) is 6.10 Å². The van der Waals surface area contributed by atoms with Crippen LogP contribution < -0.4 is 10.6 Å². The summed E-state index contributed by atoms with van der Waals surface area (Å²) >= 11 is 11.1. The standard InChI is InChI=1S/C14H19ClN2OS/c1-9-5-6-17(8-13(9)18-2)12-4-3-10(15)7-11(12)14(16)19/h3-4,7,9,13H,5-6,8H2,1-2H3,(H2,16,19). The van der Waals surface area contributed by atoms with Gasteiger partial charge in [-0.3, -0.25) is 0 Å². The Labute approximate surface area is 124 Å². The number of ether oxygens (including phenoxy) is 1. The van der Waals surface area contributed by atoms with Gasteiger partial charge in [-0.2, -0.15) is 0 Å². The minimum Gasteiger partial charge on any atom is -0.389 e. The van der Waals surface area contributed by atoms with Crippen molar-refractivity contribution in [2.75, 3.05) is 25.1 Å². The van der Waals surface area contributed by atoms with Crippen LogP contribution >= 0.6 is 23.8 Å². The third-order valence-corrected chi connectivity index (χ3v) is 4.21. The van der Waals surface area contributed by atoms with Gasteiger partial charge in [0, 0.05) is 36.5 Å². The second kappa shape index (κ2) is 6.07. The van der Waals surface area contributed by atoms with Crippen molar-refractivity contribution in [3.63, 3.8) is 0 Å². The summed E-state index contributed by atoms with van der Waals surface area (Å²) in [6.07, 6.45) is 1.33. The van der Waals surface area contributed by atoms with Gasteiger partial charge in [-0.25, -0.2) is 0 Å². The van der Waals surface area contributed by atoms with E-state index in [1.807, 2.05) is 18.2 Å². The molecular weight excluding hydrogens is 280 g/mol. The largest absolute Gasteiger partial charge is 0.389 e. The molecule has 0 amide bonds. The van der Waals surface area contributed by atoms with E-state index in [9.17, 15) is 0 Å². The monoisotopic (exact) mass is 298 g/mol. The Bertz CT molecular complexity index is 481. The molecule has 1 aliphatic heterocycles. The number of halogens is 1. The Balaban J connectivity index is 2.29. The molecule has 0 aromatic heterocycles. The van der Waals surface area contributed by atoms with Crippen molar-refractivity contribution in [3.8, 4) is 0 Å². The number of hydrogen-bond donors (Lipinski definition) is 1. The molecule has 0 aliphatic carbocycles. The van der Waals surface area contributed by atoms with Crippen molar-refractivity contribution in [2.45, 2.75) is 19.4 Å². The lowest BCUT2D eigenvalue weighted by Crippen LogP contribution is -2.44. The van der Waals surface area contributed by atoms with Gasteiger partial charge in [0.1, 0.15) is 4.99 Å². The number of piperidine rings is 1. The van der Waals surface area contributed by atoms with Crippen molar-refractivity contribution in [1.82, 2.24) is 0 Å². The molecule has 0 saturated carbocycles. The molecule has 1 fully saturated rings. The number of hydrogen-bond acceptors (Lipinski definition) is 3. The van der Waals surface area contributed by atoms with Gasteiger partial charge in [0.15, 0.2) is 0 Å². The number of nitrogens with two attached hydrogens (primary N) is 1. The molecule has 2 unspecified atom stereocenters. The molecule has 104 valence electrons. The number of methoxy groups -OCH3 is 1. The molecule has 0 bridgehead atoms. The van der Waals surface area contributed by atoms with Gasteiger partial charge in [-0.1, -0.05) is 30.7 Å². The van der Waals surface area contributed by atoms with Gasteiger partial charge in [0.25, 0.3) is 0 Å². The van der Waals surface area contributed by atoms with E-state index in [1.54, 1.807) is 7.11 Å². The van der Waals surface area contributed by atoms with E-state index < -0.39 is 0 Å². The second-order valence-electron chi connectivity index (χ2n) is 5.01. The van der Waals surface area contributed by atoms with E-state index in [4.69, 9.17) is 34.3 Å². The fourth-order valence-corrected chi connectivity index (χ4v) is 2.88. The normalized spacial score (nSPS) is 23.4. The molecule has 1 aromatic rings. The van der Waals surface area contributed by atoms with Crippen LogP contribution in [0.25, 0.3) is 0 Å². The van der Waals surface area contributed by atoms with Crippen LogP contribution in [-0.2, 0) is 4.74 Å². The average molecular weight is 299 g/mol. The molecule has 1 aromatic carbocycles. The molecule has 0 radical (unpaired) electrons. The number of nitrogens with zero attached hydrogens (tertiary/aromatic N) is 1. The molecular formula is C14H19ClN2OS. The first-order chi connectivity index (χ1) is 9.02. The fourth-order valence-electron chi connectivity index (χ4n) is 2.54. The van der Waals surface area contributed by atoms with Crippen LogP contribution in [0.1, 0.15) is 18.9 Å². The second-order valence-corrected chi connectivity index (χ2v) is 5.89. The predicted octanol–water partition coefficient (Wildman–Crippen LogP) is 2.84. The molecule has 1 heterocycles. The van der Waals surface area contributed by atoms with Crippen LogP contribution in [-0.4, -0.2) is 31.3 Å². The highest BCUT2D eigenvalue weighted by atomic mass is 35.5. The summed E-state index contributed by atoms with van der Waals surface area (Å²) < 4.78 is 5.55. The fraction of sp³-hybridized carbons (Fsp3) is 0.500. The van der Waals surface area contributed by atoms with Crippen molar-refractivity contribution >= 4 is 34.5 Å². The number of benzene rings is 1. The summed E-state index contributed by atoms with van der Waals surface area (Å²) in [6, 6.07) is 5.69. The molecule has 3 nitrogen and oxygen atoms in total. The first kappa shape index (κ1) is 14.6. The first-order valence-electron chi connectivity index (χ1n) is 6.40. The Hall–Kier alpha value is -0.840. The van der Waals surface area contributed by atoms with Crippen LogP contribution in [0.3, 0.4) is 0 Å². The zero-order chi connectivity index (χ0) is 14.0. The van der Waals surface area contributed by atoms with E-state index >= 15 is 0 Å². The van der Waals surface area contributed by atoms with Crippen LogP contribution in [0.4, 0.5) is 5.69 Å². The van der Waals surface area contributed by atoms with Gasteiger partial charge in [-0.05, 0) is 30.5 Å². The summed E-state index contributed by atoms with van der Waals surface area (Å²) in [5.74, 6) is 0.571. The lowest BCUT2D eigenvalue weighted by atomic mass is 9.95. The number of anilines is 1. The summed E-state index contributed by atoms with van der Waals surface area (Å²) in [5, 5.41) is 0.653. The third-order valence-electron chi connectivity index (χ3n) is 3.76. The van der Waals surface area contributed by atoms with Crippen molar-refractivity contribution in [2.24, 2.45) is 11.7 Å². The van der Waals surface area contributed by atoms with Gasteiger partial charge in [0.2, 0.25) is 0 Å². The Kier molecular flexibility index (Phi) is 4.66. The summed E-state index contributed by atoms with van der Waals surface area (Å²) in [6.45, 7) is 4.06. The highest BCUT2D eigenvalue weighted by Crippen LogP contribution is 2.29. The van der Waals surface area contributed by atoms with Crippen LogP contribution in [0, 0.1) is 5.92 Å². The van der Waals surface area contributed by atoms with Crippen molar-refractivity contribution < 1.29 is 4.74 Å². The molecule has 2 atom stereocenters. The number of rotatable bonds is 3. The molecule has 2 rings (SSSR count). The van der Waals surface area contributed by atoms with E-state index in [2.05, 4.69) is 11.8 Å². The zero-order valence-electron chi connectivity index (χ0n) is 11.2. The topological polar surface area (TPSA) is 38.5 Å². The molecule has 5 heteroatoms. The lowest BCUT2D eigenvalue weighted by Gasteiger charge is -2.38. The van der Waals surface area contributed by atoms with Crippen molar-refractivity contribution in [3.05, 3.63) is 28.8 Å². The molecule has 19 heavy (non-hydrogen) atoms. The van der Waals surface area contributed by atoms with Gasteiger partial charge in [-0.15, -0.1) is 0 Å². The molecule has 0 spiro atoms. The van der Waals surface area contributed by atoms with Crippen LogP contribution in [0.15, 0.2) is 18.2 Å². The Morgan fingerprint density at radius 3 is 2.89 bits per heavy atom. The van der Waals surface area contributed by atoms with Crippen molar-refractivity contribution in [1.29, 1.82) is 0 Å². The maximum Gasteiger partial charge on any atom is 0.106 e. The highest BCUT2D eigenvalue weighted by Gasteiger charge is 2.27. The first-order valence-corrected chi connectivity index (χ1v) is 7.18. The zero-order valence-corrected chi connectivity index (χ0v) is 12.8. The van der Waals surface area contributed by atoms with Gasteiger partial charge < -0.3 is 15.4 Å². The summed E-state index contributed by atoms with van der Waals surface area (Å²) in [7, 11) is 1.76. The number of thiocarbonyl (C=S) groups is 1. The molecule has 1 aliphatic rings. The molecule has 2 N–H and O–H groups in total. The minimum absolute atomic E-state index is 0.239. The quantitative estimate of drug-likeness (QED) is 0.871. The Morgan fingerprint density at radius 1 is 1.53 bits per heavy atom. The summed E-state index contributed by atoms with van der Waals surface area (Å²) in [4.78, 5) is 2.66.